The van der Waals surface area contributed by atoms with E-state index in [4.69, 9.17) is 11.6 Å². The molecule has 0 spiro atoms. The molecule has 0 bridgehead atoms. The van der Waals surface area contributed by atoms with Gasteiger partial charge in [-0.3, -0.25) is 4.68 Å². The Bertz CT molecular complexity index is 382. The Morgan fingerprint density at radius 3 is 2.78 bits per heavy atom. The van der Waals surface area contributed by atoms with Crippen molar-refractivity contribution in [3.63, 3.8) is 0 Å². The molecule has 4 nitrogen and oxygen atoms in total. The monoisotopic (exact) mass is 286 g/mol. The van der Waals surface area contributed by atoms with Gasteiger partial charge in [0.05, 0.1) is 23.5 Å². The molecule has 0 aliphatic heterocycles. The van der Waals surface area contributed by atoms with Gasteiger partial charge in [0.2, 0.25) is 0 Å². The van der Waals surface area contributed by atoms with Crippen molar-refractivity contribution in [2.45, 2.75) is 32.2 Å². The van der Waals surface area contributed by atoms with Crippen LogP contribution in [0.5, 0.6) is 0 Å². The van der Waals surface area contributed by atoms with E-state index in [9.17, 15) is 18.3 Å². The lowest BCUT2D eigenvalue weighted by molar-refractivity contribution is -0.179. The fraction of sp³-hybridized carbons (Fsp3) is 0.700. The highest BCUT2D eigenvalue weighted by atomic mass is 35.5. The average molecular weight is 287 g/mol. The average Bonchev–Trinajstić information content (AvgIpc) is 2.58. The van der Waals surface area contributed by atoms with Gasteiger partial charge in [0.1, 0.15) is 12.7 Å². The summed E-state index contributed by atoms with van der Waals surface area (Å²) in [6.45, 7) is 0.558. The van der Waals surface area contributed by atoms with Crippen molar-refractivity contribution in [2.75, 3.05) is 13.2 Å². The molecule has 0 aliphatic rings. The van der Waals surface area contributed by atoms with E-state index >= 15 is 0 Å². The fourth-order valence-corrected chi connectivity index (χ4v) is 1.73. The van der Waals surface area contributed by atoms with Crippen LogP contribution >= 0.6 is 11.6 Å². The summed E-state index contributed by atoms with van der Waals surface area (Å²) < 4.78 is 41.5. The molecule has 1 aromatic rings. The minimum atomic E-state index is -4.41. The zero-order valence-corrected chi connectivity index (χ0v) is 10.5. The number of alkyl halides is 3. The van der Waals surface area contributed by atoms with E-state index in [0.29, 0.717) is 6.54 Å². The van der Waals surface area contributed by atoms with Gasteiger partial charge in [-0.25, -0.2) is 0 Å². The summed E-state index contributed by atoms with van der Waals surface area (Å²) in [5, 5.41) is 13.9. The first-order chi connectivity index (χ1) is 8.35. The fourth-order valence-electron chi connectivity index (χ4n) is 1.46. The molecule has 18 heavy (non-hydrogen) atoms. The second kappa shape index (κ2) is 6.40. The zero-order valence-electron chi connectivity index (χ0n) is 9.74. The first-order valence-corrected chi connectivity index (χ1v) is 5.76. The van der Waals surface area contributed by atoms with E-state index in [1.807, 2.05) is 6.92 Å². The van der Waals surface area contributed by atoms with Gasteiger partial charge in [0.15, 0.2) is 0 Å². The van der Waals surface area contributed by atoms with Crippen LogP contribution in [-0.4, -0.2) is 34.3 Å². The van der Waals surface area contributed by atoms with Gasteiger partial charge in [-0.2, -0.15) is 18.3 Å². The summed E-state index contributed by atoms with van der Waals surface area (Å²) in [4.78, 5) is 0. The van der Waals surface area contributed by atoms with E-state index in [2.05, 4.69) is 9.84 Å². The number of aromatic nitrogens is 2. The second-order valence-electron chi connectivity index (χ2n) is 3.75. The summed E-state index contributed by atoms with van der Waals surface area (Å²) >= 11 is 5.82. The molecular weight excluding hydrogens is 273 g/mol. The van der Waals surface area contributed by atoms with Crippen LogP contribution in [0.25, 0.3) is 0 Å². The topological polar surface area (TPSA) is 47.3 Å². The lowest BCUT2D eigenvalue weighted by atomic mass is 10.2. The molecule has 1 heterocycles. The van der Waals surface area contributed by atoms with Gasteiger partial charge in [-0.15, -0.1) is 0 Å². The van der Waals surface area contributed by atoms with Gasteiger partial charge >= 0.3 is 6.18 Å². The quantitative estimate of drug-likeness (QED) is 0.874. The third-order valence-corrected chi connectivity index (χ3v) is 2.42. The van der Waals surface area contributed by atoms with Gasteiger partial charge in [0.25, 0.3) is 0 Å². The van der Waals surface area contributed by atoms with Crippen molar-refractivity contribution in [1.82, 2.24) is 9.78 Å². The normalized spacial score (nSPS) is 13.9. The number of ether oxygens (including phenoxy) is 1. The van der Waals surface area contributed by atoms with Crippen LogP contribution in [0.15, 0.2) is 6.20 Å². The highest BCUT2D eigenvalue weighted by Crippen LogP contribution is 2.24. The molecule has 8 heteroatoms. The first-order valence-electron chi connectivity index (χ1n) is 5.39. The minimum absolute atomic E-state index is 0.214. The maximum atomic E-state index is 11.9. The van der Waals surface area contributed by atoms with Crippen molar-refractivity contribution < 1.29 is 23.0 Å². The van der Waals surface area contributed by atoms with Crippen LogP contribution in [-0.2, 0) is 11.3 Å². The number of halogens is 4. The Labute approximate surface area is 107 Å². The number of aliphatic hydroxyl groups excluding tert-OH is 1. The van der Waals surface area contributed by atoms with E-state index < -0.39 is 25.5 Å². The molecule has 1 unspecified atom stereocenters. The Morgan fingerprint density at radius 2 is 2.22 bits per heavy atom. The van der Waals surface area contributed by atoms with Crippen LogP contribution in [0.2, 0.25) is 5.02 Å². The maximum Gasteiger partial charge on any atom is 0.411 e. The minimum Gasteiger partial charge on any atom is -0.384 e. The summed E-state index contributed by atoms with van der Waals surface area (Å²) in [6, 6.07) is 0. The van der Waals surface area contributed by atoms with Crippen LogP contribution in [0.1, 0.15) is 25.1 Å². The van der Waals surface area contributed by atoms with E-state index in [1.165, 1.54) is 10.9 Å². The lowest BCUT2D eigenvalue weighted by Gasteiger charge is -2.14. The van der Waals surface area contributed by atoms with Crippen LogP contribution in [0.3, 0.4) is 0 Å². The van der Waals surface area contributed by atoms with Crippen LogP contribution in [0.4, 0.5) is 13.2 Å². The molecule has 0 radical (unpaired) electrons. The van der Waals surface area contributed by atoms with Crippen molar-refractivity contribution >= 4 is 11.6 Å². The van der Waals surface area contributed by atoms with Crippen molar-refractivity contribution in [1.29, 1.82) is 0 Å². The Balaban J connectivity index is 2.60. The molecule has 0 aliphatic carbocycles. The van der Waals surface area contributed by atoms with Crippen LogP contribution < -0.4 is 0 Å². The molecule has 0 saturated heterocycles. The van der Waals surface area contributed by atoms with Gasteiger partial charge in [0, 0.05) is 6.54 Å². The highest BCUT2D eigenvalue weighted by Gasteiger charge is 2.28. The molecule has 104 valence electrons. The highest BCUT2D eigenvalue weighted by molar-refractivity contribution is 6.31. The summed E-state index contributed by atoms with van der Waals surface area (Å²) in [5.74, 6) is 0. The predicted molar refractivity (Wildman–Crippen MR) is 59.4 cm³/mol. The van der Waals surface area contributed by atoms with Crippen molar-refractivity contribution in [3.05, 3.63) is 16.9 Å². The smallest absolute Gasteiger partial charge is 0.384 e. The number of rotatable bonds is 6. The lowest BCUT2D eigenvalue weighted by Crippen LogP contribution is -2.21. The molecular formula is C10H14ClF3N2O2. The second-order valence-corrected chi connectivity index (χ2v) is 4.15. The van der Waals surface area contributed by atoms with Gasteiger partial charge in [-0.05, 0) is 6.42 Å². The molecule has 0 saturated carbocycles. The molecule has 1 rings (SSSR count). The summed E-state index contributed by atoms with van der Waals surface area (Å²) in [6.07, 6.45) is -3.53. The molecule has 0 amide bonds. The van der Waals surface area contributed by atoms with Crippen molar-refractivity contribution in [3.8, 4) is 0 Å². The number of aliphatic hydroxyl groups is 1. The molecule has 0 fully saturated rings. The third kappa shape index (κ3) is 4.47. The largest absolute Gasteiger partial charge is 0.411 e. The van der Waals surface area contributed by atoms with Gasteiger partial charge < -0.3 is 9.84 Å². The van der Waals surface area contributed by atoms with Gasteiger partial charge in [-0.1, -0.05) is 18.5 Å². The summed E-state index contributed by atoms with van der Waals surface area (Å²) in [7, 11) is 0. The van der Waals surface area contributed by atoms with Crippen molar-refractivity contribution in [2.24, 2.45) is 0 Å². The number of hydrogen-bond acceptors (Lipinski definition) is 3. The molecule has 0 aromatic carbocycles. The van der Waals surface area contributed by atoms with E-state index in [-0.39, 0.29) is 10.7 Å². The molecule has 1 atom stereocenters. The SMILES string of the molecule is CCCn1ncc(Cl)c1C(O)COCC(F)(F)F. The third-order valence-electron chi connectivity index (χ3n) is 2.13. The Hall–Kier alpha value is -0.790. The Kier molecular flexibility index (Phi) is 5.43. The molecule has 1 N–H and O–H groups in total. The summed E-state index contributed by atoms with van der Waals surface area (Å²) in [5.41, 5.74) is 0.278. The van der Waals surface area contributed by atoms with E-state index in [1.54, 1.807) is 0 Å². The van der Waals surface area contributed by atoms with E-state index in [0.717, 1.165) is 6.42 Å². The Morgan fingerprint density at radius 1 is 1.56 bits per heavy atom. The number of nitrogens with zero attached hydrogens (tertiary/aromatic N) is 2. The zero-order chi connectivity index (χ0) is 13.8. The maximum absolute atomic E-state index is 11.9. The predicted octanol–water partition coefficient (Wildman–Crippen LogP) is 2.56. The molecule has 1 aromatic heterocycles. The van der Waals surface area contributed by atoms with Crippen LogP contribution in [0, 0.1) is 0 Å². The first kappa shape index (κ1) is 15.3. The number of aryl methyl sites for hydroxylation is 1. The standard InChI is InChI=1S/C10H14ClF3N2O2/c1-2-3-16-9(7(11)4-15-16)8(17)5-18-6-10(12,13)14/h4,8,17H,2-3,5-6H2,1H3. The number of hydrogen-bond donors (Lipinski definition) is 1.